The van der Waals surface area contributed by atoms with E-state index in [0.717, 1.165) is 11.1 Å². The molecular formula is C16H17ClN2O3. The van der Waals surface area contributed by atoms with Gasteiger partial charge in [-0.1, -0.05) is 35.9 Å². The molecule has 0 spiro atoms. The van der Waals surface area contributed by atoms with Gasteiger partial charge in [0.05, 0.1) is 19.4 Å². The number of carbonyl (C=O) groups excluding carboxylic acids is 1. The number of nitrogens with one attached hydrogen (secondary N) is 2. The molecule has 2 amide bonds. The van der Waals surface area contributed by atoms with Crippen molar-refractivity contribution in [2.45, 2.75) is 13.2 Å². The van der Waals surface area contributed by atoms with E-state index in [2.05, 4.69) is 10.6 Å². The van der Waals surface area contributed by atoms with Crippen LogP contribution in [0, 0.1) is 0 Å². The molecule has 0 radical (unpaired) electrons. The number of halogens is 1. The summed E-state index contributed by atoms with van der Waals surface area (Å²) in [5.41, 5.74) is 2.13. The minimum Gasteiger partial charge on any atom is -0.495 e. The molecular weight excluding hydrogens is 304 g/mol. The number of carbonyl (C=O) groups is 1. The largest absolute Gasteiger partial charge is 0.495 e. The zero-order valence-electron chi connectivity index (χ0n) is 12.1. The molecule has 0 atom stereocenters. The lowest BCUT2D eigenvalue weighted by Gasteiger charge is -2.12. The monoisotopic (exact) mass is 320 g/mol. The lowest BCUT2D eigenvalue weighted by molar-refractivity contribution is 0.251. The van der Waals surface area contributed by atoms with E-state index in [1.165, 1.54) is 7.11 Å². The lowest BCUT2D eigenvalue weighted by atomic mass is 10.1. The fraction of sp³-hybridized carbons (Fsp3) is 0.188. The number of urea groups is 1. The Bertz CT molecular complexity index is 662. The maximum Gasteiger partial charge on any atom is 0.319 e. The molecule has 0 bridgehead atoms. The highest BCUT2D eigenvalue weighted by Crippen LogP contribution is 2.27. The molecule has 0 aliphatic heterocycles. The normalized spacial score (nSPS) is 10.1. The first-order valence-corrected chi connectivity index (χ1v) is 7.08. The maximum atomic E-state index is 12.0. The predicted molar refractivity (Wildman–Crippen MR) is 86.2 cm³/mol. The zero-order chi connectivity index (χ0) is 15.9. The van der Waals surface area contributed by atoms with E-state index >= 15 is 0 Å². The second-order valence-corrected chi connectivity index (χ2v) is 5.02. The molecule has 116 valence electrons. The molecule has 0 saturated heterocycles. The minimum absolute atomic E-state index is 0.0679. The van der Waals surface area contributed by atoms with Crippen LogP contribution in [0.25, 0.3) is 0 Å². The number of hydrogen-bond donors (Lipinski definition) is 3. The molecule has 0 heterocycles. The van der Waals surface area contributed by atoms with Crippen LogP contribution in [0.1, 0.15) is 11.1 Å². The Morgan fingerprint density at radius 3 is 2.64 bits per heavy atom. The van der Waals surface area contributed by atoms with Gasteiger partial charge in [0.2, 0.25) is 0 Å². The fourth-order valence-electron chi connectivity index (χ4n) is 2.00. The fourth-order valence-corrected chi connectivity index (χ4v) is 2.18. The second kappa shape index (κ2) is 7.68. The first-order valence-electron chi connectivity index (χ1n) is 6.70. The van der Waals surface area contributed by atoms with E-state index in [0.29, 0.717) is 23.0 Å². The van der Waals surface area contributed by atoms with Gasteiger partial charge in [-0.3, -0.25) is 0 Å². The number of amides is 2. The second-order valence-electron chi connectivity index (χ2n) is 4.58. The first kappa shape index (κ1) is 16.1. The van der Waals surface area contributed by atoms with E-state index < -0.39 is 0 Å². The predicted octanol–water partition coefficient (Wildman–Crippen LogP) is 3.16. The van der Waals surface area contributed by atoms with Crippen molar-refractivity contribution in [3.8, 4) is 5.75 Å². The summed E-state index contributed by atoms with van der Waals surface area (Å²) >= 11 is 5.91. The summed E-state index contributed by atoms with van der Waals surface area (Å²) < 4.78 is 5.17. The van der Waals surface area contributed by atoms with Crippen LogP contribution in [0.2, 0.25) is 5.02 Å². The van der Waals surface area contributed by atoms with E-state index in [1.807, 2.05) is 24.3 Å². The average molecular weight is 321 g/mol. The highest BCUT2D eigenvalue weighted by molar-refractivity contribution is 6.31. The third-order valence-corrected chi connectivity index (χ3v) is 3.37. The van der Waals surface area contributed by atoms with Crippen molar-refractivity contribution in [1.29, 1.82) is 0 Å². The Labute approximate surface area is 133 Å². The van der Waals surface area contributed by atoms with Gasteiger partial charge in [0, 0.05) is 11.6 Å². The number of aliphatic hydroxyl groups is 1. The molecule has 2 rings (SSSR count). The Kier molecular flexibility index (Phi) is 5.63. The number of methoxy groups -OCH3 is 1. The standard InChI is InChI=1S/C16H17ClN2O3/c1-22-15-7-6-13(17)8-14(15)19-16(21)18-9-11-4-2-3-5-12(11)10-20/h2-8,20H,9-10H2,1H3,(H2,18,19,21). The molecule has 0 unspecified atom stereocenters. The van der Waals surface area contributed by atoms with Gasteiger partial charge < -0.3 is 20.5 Å². The SMILES string of the molecule is COc1ccc(Cl)cc1NC(=O)NCc1ccccc1CO. The number of aliphatic hydroxyl groups excluding tert-OH is 1. The first-order chi connectivity index (χ1) is 10.6. The van der Waals surface area contributed by atoms with Crippen molar-refractivity contribution in [3.63, 3.8) is 0 Å². The Hall–Kier alpha value is -2.24. The number of ether oxygens (including phenoxy) is 1. The van der Waals surface area contributed by atoms with E-state index in [4.69, 9.17) is 16.3 Å². The van der Waals surface area contributed by atoms with Crippen LogP contribution < -0.4 is 15.4 Å². The third kappa shape index (κ3) is 4.13. The average Bonchev–Trinajstić information content (AvgIpc) is 2.53. The van der Waals surface area contributed by atoms with Crippen LogP contribution in [0.4, 0.5) is 10.5 Å². The van der Waals surface area contributed by atoms with Gasteiger partial charge in [-0.15, -0.1) is 0 Å². The summed E-state index contributed by atoms with van der Waals surface area (Å²) in [5, 5.41) is 15.2. The molecule has 6 heteroatoms. The summed E-state index contributed by atoms with van der Waals surface area (Å²) in [7, 11) is 1.52. The minimum atomic E-state index is -0.381. The van der Waals surface area contributed by atoms with Crippen molar-refractivity contribution in [2.75, 3.05) is 12.4 Å². The van der Waals surface area contributed by atoms with Gasteiger partial charge >= 0.3 is 6.03 Å². The highest BCUT2D eigenvalue weighted by atomic mass is 35.5. The van der Waals surface area contributed by atoms with Gasteiger partial charge in [-0.2, -0.15) is 0 Å². The molecule has 0 aliphatic carbocycles. The molecule has 3 N–H and O–H groups in total. The van der Waals surface area contributed by atoms with Gasteiger partial charge in [0.25, 0.3) is 0 Å². The van der Waals surface area contributed by atoms with Crippen LogP contribution in [-0.4, -0.2) is 18.2 Å². The number of rotatable bonds is 5. The summed E-state index contributed by atoms with van der Waals surface area (Å²) in [4.78, 5) is 12.0. The molecule has 22 heavy (non-hydrogen) atoms. The number of anilines is 1. The quantitative estimate of drug-likeness (QED) is 0.792. The molecule has 2 aromatic carbocycles. The topological polar surface area (TPSA) is 70.6 Å². The molecule has 2 aromatic rings. The Morgan fingerprint density at radius 2 is 1.95 bits per heavy atom. The highest BCUT2D eigenvalue weighted by Gasteiger charge is 2.09. The summed E-state index contributed by atoms with van der Waals surface area (Å²) in [6.07, 6.45) is 0. The van der Waals surface area contributed by atoms with Crippen LogP contribution in [0.15, 0.2) is 42.5 Å². The smallest absolute Gasteiger partial charge is 0.319 e. The van der Waals surface area contributed by atoms with Crippen molar-refractivity contribution < 1.29 is 14.6 Å². The molecule has 0 fully saturated rings. The van der Waals surface area contributed by atoms with Gasteiger partial charge in [0.1, 0.15) is 5.75 Å². The number of benzene rings is 2. The third-order valence-electron chi connectivity index (χ3n) is 3.14. The summed E-state index contributed by atoms with van der Waals surface area (Å²) in [6.45, 7) is 0.243. The molecule has 0 aromatic heterocycles. The molecule has 0 saturated carbocycles. The summed E-state index contributed by atoms with van der Waals surface area (Å²) in [5.74, 6) is 0.523. The van der Waals surface area contributed by atoms with Gasteiger partial charge in [-0.25, -0.2) is 4.79 Å². The van der Waals surface area contributed by atoms with Crippen molar-refractivity contribution >= 4 is 23.3 Å². The molecule has 0 aliphatic rings. The van der Waals surface area contributed by atoms with E-state index in [9.17, 15) is 9.90 Å². The van der Waals surface area contributed by atoms with Gasteiger partial charge in [-0.05, 0) is 29.3 Å². The number of hydrogen-bond acceptors (Lipinski definition) is 3. The van der Waals surface area contributed by atoms with E-state index in [1.54, 1.807) is 18.2 Å². The Balaban J connectivity index is 2.00. The maximum absolute atomic E-state index is 12.0. The van der Waals surface area contributed by atoms with E-state index in [-0.39, 0.29) is 12.6 Å². The lowest BCUT2D eigenvalue weighted by Crippen LogP contribution is -2.28. The van der Waals surface area contributed by atoms with Crippen molar-refractivity contribution in [3.05, 3.63) is 58.6 Å². The van der Waals surface area contributed by atoms with Crippen LogP contribution in [-0.2, 0) is 13.2 Å². The van der Waals surface area contributed by atoms with Crippen LogP contribution in [0.3, 0.4) is 0 Å². The molecule has 5 nitrogen and oxygen atoms in total. The van der Waals surface area contributed by atoms with Gasteiger partial charge in [0.15, 0.2) is 0 Å². The van der Waals surface area contributed by atoms with Crippen molar-refractivity contribution in [2.24, 2.45) is 0 Å². The summed E-state index contributed by atoms with van der Waals surface area (Å²) in [6, 6.07) is 12.0. The zero-order valence-corrected chi connectivity index (χ0v) is 12.9. The van der Waals surface area contributed by atoms with Crippen LogP contribution in [0.5, 0.6) is 5.75 Å². The Morgan fingerprint density at radius 1 is 1.23 bits per heavy atom. The van der Waals surface area contributed by atoms with Crippen molar-refractivity contribution in [1.82, 2.24) is 5.32 Å². The van der Waals surface area contributed by atoms with Crippen LogP contribution >= 0.6 is 11.6 Å².